The van der Waals surface area contributed by atoms with Crippen molar-refractivity contribution in [1.82, 2.24) is 19.3 Å². The number of amides is 2. The number of ether oxygens (including phenoxy) is 1. The smallest absolute Gasteiger partial charge is 0.270 e. The summed E-state index contributed by atoms with van der Waals surface area (Å²) in [5, 5.41) is 0. The first-order valence-corrected chi connectivity index (χ1v) is 10.1. The Morgan fingerprint density at radius 3 is 2.56 bits per heavy atom. The van der Waals surface area contributed by atoms with E-state index in [4.69, 9.17) is 4.74 Å². The van der Waals surface area contributed by atoms with E-state index in [1.165, 1.54) is 0 Å². The average Bonchev–Trinajstić information content (AvgIpc) is 3.12. The molecule has 3 aliphatic rings. The molecule has 148 valence electrons. The first-order valence-electron chi connectivity index (χ1n) is 10.1. The molecule has 4 rings (SSSR count). The molecule has 2 aliphatic heterocycles. The van der Waals surface area contributed by atoms with Gasteiger partial charge in [-0.3, -0.25) is 9.59 Å². The van der Waals surface area contributed by atoms with E-state index in [2.05, 4.69) is 11.9 Å². The number of morpholine rings is 1. The summed E-state index contributed by atoms with van der Waals surface area (Å²) in [6, 6.07) is 3.75. The number of rotatable bonds is 2. The second-order valence-electron chi connectivity index (χ2n) is 8.12. The lowest BCUT2D eigenvalue weighted by atomic mass is 9.81. The fourth-order valence-corrected chi connectivity index (χ4v) is 4.70. The zero-order valence-corrected chi connectivity index (χ0v) is 16.3. The molecule has 7 nitrogen and oxygen atoms in total. The molecule has 27 heavy (non-hydrogen) atoms. The Morgan fingerprint density at radius 2 is 1.85 bits per heavy atom. The summed E-state index contributed by atoms with van der Waals surface area (Å²) in [6.07, 6.45) is 4.38. The summed E-state index contributed by atoms with van der Waals surface area (Å²) in [7, 11) is 3.99. The lowest BCUT2D eigenvalue weighted by Gasteiger charge is -2.46. The molecule has 1 saturated carbocycles. The van der Waals surface area contributed by atoms with Gasteiger partial charge in [0.1, 0.15) is 5.69 Å². The second kappa shape index (κ2) is 7.64. The highest BCUT2D eigenvalue weighted by Crippen LogP contribution is 2.34. The third kappa shape index (κ3) is 3.62. The number of aryl methyl sites for hydroxylation is 1. The Hall–Kier alpha value is -1.86. The Balaban J connectivity index is 1.47. The second-order valence-corrected chi connectivity index (χ2v) is 8.12. The number of nitrogens with zero attached hydrogens (tertiary/aromatic N) is 4. The Kier molecular flexibility index (Phi) is 5.23. The first-order chi connectivity index (χ1) is 13.0. The number of fused-ring (bicyclic) bond motifs is 1. The maximum absolute atomic E-state index is 13.1. The van der Waals surface area contributed by atoms with Gasteiger partial charge in [0.05, 0.1) is 18.8 Å². The van der Waals surface area contributed by atoms with Crippen LogP contribution in [0.1, 0.15) is 29.8 Å². The Bertz CT molecular complexity index is 695. The third-order valence-corrected chi connectivity index (χ3v) is 6.41. The molecule has 3 heterocycles. The Labute approximate surface area is 160 Å². The molecule has 2 saturated heterocycles. The number of likely N-dealkylation sites (N-methyl/N-ethyl adjacent to an activating group) is 1. The maximum Gasteiger partial charge on any atom is 0.270 e. The first kappa shape index (κ1) is 18.5. The SMILES string of the molecule is CN1CCN(C(=O)[C@H]2CC[C@H]3OCCN(C(=O)c4cccn4C)[C@@H]3C2)CC1. The monoisotopic (exact) mass is 374 g/mol. The highest BCUT2D eigenvalue weighted by molar-refractivity contribution is 5.93. The molecule has 3 fully saturated rings. The third-order valence-electron chi connectivity index (χ3n) is 6.41. The van der Waals surface area contributed by atoms with E-state index in [9.17, 15) is 9.59 Å². The van der Waals surface area contributed by atoms with Crippen molar-refractivity contribution in [3.05, 3.63) is 24.0 Å². The van der Waals surface area contributed by atoms with Crippen LogP contribution in [0.5, 0.6) is 0 Å². The van der Waals surface area contributed by atoms with Crippen molar-refractivity contribution in [2.24, 2.45) is 13.0 Å². The predicted octanol–water partition coefficient (Wildman–Crippen LogP) is 0.809. The molecule has 0 N–H and O–H groups in total. The van der Waals surface area contributed by atoms with Gasteiger partial charge in [0.25, 0.3) is 5.91 Å². The normalized spacial score (nSPS) is 29.5. The van der Waals surface area contributed by atoms with E-state index < -0.39 is 0 Å². The number of aromatic nitrogens is 1. The summed E-state index contributed by atoms with van der Waals surface area (Å²) >= 11 is 0. The number of hydrogen-bond acceptors (Lipinski definition) is 4. The molecule has 1 aromatic rings. The van der Waals surface area contributed by atoms with Crippen molar-refractivity contribution in [3.8, 4) is 0 Å². The summed E-state index contributed by atoms with van der Waals surface area (Å²) in [4.78, 5) is 32.4. The number of carbonyl (C=O) groups excluding carboxylic acids is 2. The minimum absolute atomic E-state index is 0.0000633. The highest BCUT2D eigenvalue weighted by atomic mass is 16.5. The predicted molar refractivity (Wildman–Crippen MR) is 101 cm³/mol. The Morgan fingerprint density at radius 1 is 1.07 bits per heavy atom. The van der Waals surface area contributed by atoms with Gasteiger partial charge in [0.15, 0.2) is 0 Å². The van der Waals surface area contributed by atoms with Crippen LogP contribution in [-0.4, -0.2) is 89.6 Å². The molecule has 7 heteroatoms. The minimum Gasteiger partial charge on any atom is -0.374 e. The zero-order chi connectivity index (χ0) is 19.0. The summed E-state index contributed by atoms with van der Waals surface area (Å²) in [5.41, 5.74) is 0.697. The molecule has 2 amide bonds. The van der Waals surface area contributed by atoms with Gasteiger partial charge in [-0.2, -0.15) is 0 Å². The van der Waals surface area contributed by atoms with E-state index in [1.807, 2.05) is 39.7 Å². The van der Waals surface area contributed by atoms with E-state index in [0.717, 1.165) is 39.0 Å². The van der Waals surface area contributed by atoms with Crippen molar-refractivity contribution >= 4 is 11.8 Å². The quantitative estimate of drug-likeness (QED) is 0.769. The van der Waals surface area contributed by atoms with Crippen LogP contribution in [0.15, 0.2) is 18.3 Å². The topological polar surface area (TPSA) is 58.0 Å². The summed E-state index contributed by atoms with van der Waals surface area (Å²) in [6.45, 7) is 4.66. The molecule has 0 radical (unpaired) electrons. The fourth-order valence-electron chi connectivity index (χ4n) is 4.70. The number of piperazine rings is 1. The minimum atomic E-state index is -0.00341. The molecule has 1 aromatic heterocycles. The van der Waals surface area contributed by atoms with Crippen LogP contribution in [0.25, 0.3) is 0 Å². The van der Waals surface area contributed by atoms with Gasteiger partial charge in [0.2, 0.25) is 5.91 Å². The van der Waals surface area contributed by atoms with Gasteiger partial charge < -0.3 is 24.0 Å². The molecule has 3 atom stereocenters. The van der Waals surface area contributed by atoms with E-state index in [-0.39, 0.29) is 29.9 Å². The van der Waals surface area contributed by atoms with Crippen LogP contribution in [0.4, 0.5) is 0 Å². The number of carbonyl (C=O) groups is 2. The van der Waals surface area contributed by atoms with Crippen LogP contribution in [-0.2, 0) is 16.6 Å². The lowest BCUT2D eigenvalue weighted by Crippen LogP contribution is -2.58. The van der Waals surface area contributed by atoms with Crippen molar-refractivity contribution in [1.29, 1.82) is 0 Å². The van der Waals surface area contributed by atoms with Crippen LogP contribution in [0.2, 0.25) is 0 Å². The summed E-state index contributed by atoms with van der Waals surface area (Å²) < 4.78 is 7.83. The molecule has 1 aliphatic carbocycles. The average molecular weight is 374 g/mol. The van der Waals surface area contributed by atoms with Crippen molar-refractivity contribution in [3.63, 3.8) is 0 Å². The van der Waals surface area contributed by atoms with Crippen LogP contribution in [0, 0.1) is 5.92 Å². The van der Waals surface area contributed by atoms with Crippen LogP contribution >= 0.6 is 0 Å². The fraction of sp³-hybridized carbons (Fsp3) is 0.700. The standard InChI is InChI=1S/C20H30N4O3/c1-21-8-10-23(11-9-21)19(25)15-5-6-18-17(14-15)24(12-13-27-18)20(26)16-4-3-7-22(16)2/h3-4,7,15,17-18H,5-6,8-14H2,1-2H3/t15-,17+,18+/m0/s1. The molecule has 0 bridgehead atoms. The van der Waals surface area contributed by atoms with E-state index in [0.29, 0.717) is 25.3 Å². The van der Waals surface area contributed by atoms with Gasteiger partial charge in [-0.05, 0) is 38.4 Å². The van der Waals surface area contributed by atoms with Gasteiger partial charge in [-0.15, -0.1) is 0 Å². The van der Waals surface area contributed by atoms with Crippen LogP contribution in [0.3, 0.4) is 0 Å². The maximum atomic E-state index is 13.1. The lowest BCUT2D eigenvalue weighted by molar-refractivity contribution is -0.143. The zero-order valence-electron chi connectivity index (χ0n) is 16.3. The number of hydrogen-bond donors (Lipinski definition) is 0. The van der Waals surface area contributed by atoms with Crippen molar-refractivity contribution < 1.29 is 14.3 Å². The van der Waals surface area contributed by atoms with E-state index >= 15 is 0 Å². The molecule has 0 spiro atoms. The van der Waals surface area contributed by atoms with Gasteiger partial charge >= 0.3 is 0 Å². The summed E-state index contributed by atoms with van der Waals surface area (Å²) in [5.74, 6) is 0.312. The van der Waals surface area contributed by atoms with Gasteiger partial charge in [-0.1, -0.05) is 0 Å². The van der Waals surface area contributed by atoms with Crippen LogP contribution < -0.4 is 0 Å². The molecular weight excluding hydrogens is 344 g/mol. The highest BCUT2D eigenvalue weighted by Gasteiger charge is 2.43. The van der Waals surface area contributed by atoms with Gasteiger partial charge in [-0.25, -0.2) is 0 Å². The van der Waals surface area contributed by atoms with Crippen molar-refractivity contribution in [2.45, 2.75) is 31.4 Å². The largest absolute Gasteiger partial charge is 0.374 e. The van der Waals surface area contributed by atoms with Gasteiger partial charge in [0, 0.05) is 51.9 Å². The molecule has 0 unspecified atom stereocenters. The van der Waals surface area contributed by atoms with E-state index in [1.54, 1.807) is 0 Å². The molecular formula is C20H30N4O3. The molecule has 0 aromatic carbocycles. The van der Waals surface area contributed by atoms with Crippen molar-refractivity contribution in [2.75, 3.05) is 46.4 Å².